The third kappa shape index (κ3) is 2.26. The standard InChI is InChI=1S/C14H21N3O/c1-14(2,3)12(15)13-16-10-6-4-5-7-11(10)17(13)8-9-18/h4-7,12,18H,8-9,15H2,1-3H3. The summed E-state index contributed by atoms with van der Waals surface area (Å²) < 4.78 is 2.02. The maximum absolute atomic E-state index is 9.22. The second kappa shape index (κ2) is 4.71. The van der Waals surface area contributed by atoms with Crippen molar-refractivity contribution in [2.75, 3.05) is 6.61 Å². The van der Waals surface area contributed by atoms with Crippen molar-refractivity contribution in [3.8, 4) is 0 Å². The van der Waals surface area contributed by atoms with E-state index in [2.05, 4.69) is 25.8 Å². The van der Waals surface area contributed by atoms with E-state index in [0.29, 0.717) is 6.54 Å². The highest BCUT2D eigenvalue weighted by Gasteiger charge is 2.27. The molecule has 18 heavy (non-hydrogen) atoms. The first-order valence-corrected chi connectivity index (χ1v) is 6.26. The van der Waals surface area contributed by atoms with E-state index in [1.165, 1.54) is 0 Å². The second-order valence-corrected chi connectivity index (χ2v) is 5.68. The van der Waals surface area contributed by atoms with Gasteiger partial charge in [-0.1, -0.05) is 32.9 Å². The number of aliphatic hydroxyl groups excluding tert-OH is 1. The Balaban J connectivity index is 2.59. The zero-order valence-electron chi connectivity index (χ0n) is 11.2. The molecule has 0 spiro atoms. The van der Waals surface area contributed by atoms with Crippen LogP contribution in [-0.4, -0.2) is 21.3 Å². The van der Waals surface area contributed by atoms with Gasteiger partial charge in [0.15, 0.2) is 0 Å². The molecule has 1 atom stereocenters. The van der Waals surface area contributed by atoms with Crippen molar-refractivity contribution in [1.29, 1.82) is 0 Å². The van der Waals surface area contributed by atoms with Gasteiger partial charge in [0.05, 0.1) is 23.7 Å². The molecule has 0 aliphatic heterocycles. The zero-order chi connectivity index (χ0) is 13.3. The topological polar surface area (TPSA) is 64.1 Å². The van der Waals surface area contributed by atoms with Crippen LogP contribution in [-0.2, 0) is 6.54 Å². The van der Waals surface area contributed by atoms with Gasteiger partial charge in [0, 0.05) is 6.54 Å². The quantitative estimate of drug-likeness (QED) is 0.872. The van der Waals surface area contributed by atoms with Crippen molar-refractivity contribution in [2.24, 2.45) is 11.1 Å². The first-order valence-electron chi connectivity index (χ1n) is 6.26. The van der Waals surface area contributed by atoms with Crippen LogP contribution in [0.4, 0.5) is 0 Å². The normalized spacial score (nSPS) is 14.1. The van der Waals surface area contributed by atoms with E-state index in [1.807, 2.05) is 28.8 Å². The number of benzene rings is 1. The van der Waals surface area contributed by atoms with Crippen molar-refractivity contribution in [3.63, 3.8) is 0 Å². The molecule has 0 radical (unpaired) electrons. The molecule has 1 aromatic heterocycles. The second-order valence-electron chi connectivity index (χ2n) is 5.68. The fourth-order valence-electron chi connectivity index (χ4n) is 2.05. The maximum Gasteiger partial charge on any atom is 0.127 e. The first-order chi connectivity index (χ1) is 8.45. The van der Waals surface area contributed by atoms with Gasteiger partial charge in [-0.2, -0.15) is 0 Å². The Bertz CT molecular complexity index is 539. The highest BCUT2D eigenvalue weighted by Crippen LogP contribution is 2.31. The molecule has 0 amide bonds. The minimum absolute atomic E-state index is 0.0609. The first kappa shape index (κ1) is 13.1. The number of para-hydroxylation sites is 2. The Hall–Kier alpha value is -1.39. The molecule has 2 aromatic rings. The summed E-state index contributed by atoms with van der Waals surface area (Å²) in [5, 5.41) is 9.22. The number of nitrogens with two attached hydrogens (primary N) is 1. The highest BCUT2D eigenvalue weighted by atomic mass is 16.3. The van der Waals surface area contributed by atoms with Crippen molar-refractivity contribution >= 4 is 11.0 Å². The highest BCUT2D eigenvalue weighted by molar-refractivity contribution is 5.76. The Morgan fingerprint density at radius 1 is 1.33 bits per heavy atom. The minimum atomic E-state index is -0.156. The van der Waals surface area contributed by atoms with E-state index in [4.69, 9.17) is 5.73 Å². The average molecular weight is 247 g/mol. The summed E-state index contributed by atoms with van der Waals surface area (Å²) in [6, 6.07) is 7.77. The van der Waals surface area contributed by atoms with Gasteiger partial charge < -0.3 is 15.4 Å². The smallest absolute Gasteiger partial charge is 0.127 e. The summed E-state index contributed by atoms with van der Waals surface area (Å²) in [6.45, 7) is 6.91. The largest absolute Gasteiger partial charge is 0.395 e. The lowest BCUT2D eigenvalue weighted by Gasteiger charge is -2.27. The number of hydrogen-bond acceptors (Lipinski definition) is 3. The number of aromatic nitrogens is 2. The SMILES string of the molecule is CC(C)(C)C(N)c1nc2ccccc2n1CCO. The number of rotatable bonds is 3. The monoisotopic (exact) mass is 247 g/mol. The fourth-order valence-corrected chi connectivity index (χ4v) is 2.05. The van der Waals surface area contributed by atoms with E-state index in [9.17, 15) is 5.11 Å². The summed E-state index contributed by atoms with van der Waals surface area (Å²) in [5.41, 5.74) is 8.20. The van der Waals surface area contributed by atoms with Crippen LogP contribution in [0, 0.1) is 5.41 Å². The van der Waals surface area contributed by atoms with Crippen LogP contribution < -0.4 is 5.73 Å². The van der Waals surface area contributed by atoms with E-state index in [0.717, 1.165) is 16.9 Å². The van der Waals surface area contributed by atoms with Gasteiger partial charge in [-0.25, -0.2) is 4.98 Å². The summed E-state index contributed by atoms with van der Waals surface area (Å²) in [4.78, 5) is 4.62. The van der Waals surface area contributed by atoms with Gasteiger partial charge in [-0.15, -0.1) is 0 Å². The molecule has 0 aliphatic carbocycles. The van der Waals surface area contributed by atoms with Crippen LogP contribution in [0.3, 0.4) is 0 Å². The van der Waals surface area contributed by atoms with Crippen molar-refractivity contribution in [1.82, 2.24) is 9.55 Å². The summed E-state index contributed by atoms with van der Waals surface area (Å²) >= 11 is 0. The van der Waals surface area contributed by atoms with E-state index in [1.54, 1.807) is 0 Å². The van der Waals surface area contributed by atoms with E-state index in [-0.39, 0.29) is 18.1 Å². The van der Waals surface area contributed by atoms with Crippen LogP contribution in [0.15, 0.2) is 24.3 Å². The number of fused-ring (bicyclic) bond motifs is 1. The lowest BCUT2D eigenvalue weighted by molar-refractivity contribution is 0.264. The van der Waals surface area contributed by atoms with Crippen molar-refractivity contribution < 1.29 is 5.11 Å². The molecule has 98 valence electrons. The Morgan fingerprint density at radius 2 is 2.00 bits per heavy atom. The molecule has 1 unspecified atom stereocenters. The van der Waals surface area contributed by atoms with Crippen LogP contribution in [0.2, 0.25) is 0 Å². The van der Waals surface area contributed by atoms with Gasteiger partial charge in [0.2, 0.25) is 0 Å². The van der Waals surface area contributed by atoms with Crippen molar-refractivity contribution in [3.05, 3.63) is 30.1 Å². The van der Waals surface area contributed by atoms with Gasteiger partial charge >= 0.3 is 0 Å². The molecular weight excluding hydrogens is 226 g/mol. The van der Waals surface area contributed by atoms with Gasteiger partial charge in [0.1, 0.15) is 5.82 Å². The maximum atomic E-state index is 9.22. The third-order valence-electron chi connectivity index (χ3n) is 3.22. The molecule has 3 N–H and O–H groups in total. The minimum Gasteiger partial charge on any atom is -0.395 e. The molecule has 0 bridgehead atoms. The molecule has 1 aromatic carbocycles. The number of aliphatic hydroxyl groups is 1. The van der Waals surface area contributed by atoms with Gasteiger partial charge in [-0.05, 0) is 17.5 Å². The third-order valence-corrected chi connectivity index (χ3v) is 3.22. The molecule has 4 heteroatoms. The Labute approximate surface area is 107 Å². The molecule has 0 aliphatic rings. The fraction of sp³-hybridized carbons (Fsp3) is 0.500. The summed E-state index contributed by atoms with van der Waals surface area (Å²) in [7, 11) is 0. The molecule has 0 saturated heterocycles. The number of nitrogens with zero attached hydrogens (tertiary/aromatic N) is 2. The van der Waals surface area contributed by atoms with Crippen molar-refractivity contribution in [2.45, 2.75) is 33.4 Å². The number of imidazole rings is 1. The van der Waals surface area contributed by atoms with Crippen LogP contribution in [0.25, 0.3) is 11.0 Å². The number of hydrogen-bond donors (Lipinski definition) is 2. The molecule has 0 fully saturated rings. The summed E-state index contributed by atoms with van der Waals surface area (Å²) in [6.07, 6.45) is 0. The van der Waals surface area contributed by atoms with Gasteiger partial charge in [0.25, 0.3) is 0 Å². The lowest BCUT2D eigenvalue weighted by Crippen LogP contribution is -2.29. The predicted octanol–water partition coefficient (Wildman–Crippen LogP) is 2.07. The van der Waals surface area contributed by atoms with Crippen LogP contribution in [0.5, 0.6) is 0 Å². The van der Waals surface area contributed by atoms with Gasteiger partial charge in [-0.3, -0.25) is 0 Å². The van der Waals surface area contributed by atoms with E-state index < -0.39 is 0 Å². The zero-order valence-corrected chi connectivity index (χ0v) is 11.2. The molecule has 2 rings (SSSR count). The summed E-state index contributed by atoms with van der Waals surface area (Å²) in [5.74, 6) is 0.845. The average Bonchev–Trinajstić information content (AvgIpc) is 2.67. The lowest BCUT2D eigenvalue weighted by atomic mass is 9.87. The molecule has 1 heterocycles. The van der Waals surface area contributed by atoms with Crippen LogP contribution >= 0.6 is 0 Å². The van der Waals surface area contributed by atoms with Crippen LogP contribution in [0.1, 0.15) is 32.6 Å². The molecule has 0 saturated carbocycles. The Morgan fingerprint density at radius 3 is 2.61 bits per heavy atom. The molecular formula is C14H21N3O. The van der Waals surface area contributed by atoms with E-state index >= 15 is 0 Å². The predicted molar refractivity (Wildman–Crippen MR) is 73.2 cm³/mol. The molecule has 4 nitrogen and oxygen atoms in total. The Kier molecular flexibility index (Phi) is 3.41.